The predicted octanol–water partition coefficient (Wildman–Crippen LogP) is 1.49. The summed E-state index contributed by atoms with van der Waals surface area (Å²) in [6.45, 7) is 0.829. The van der Waals surface area contributed by atoms with Gasteiger partial charge in [0.2, 0.25) is 0 Å². The number of carbonyl (C=O) groups excluding carboxylic acids is 2. The zero-order chi connectivity index (χ0) is 20.9. The summed E-state index contributed by atoms with van der Waals surface area (Å²) in [5, 5.41) is 0. The van der Waals surface area contributed by atoms with Gasteiger partial charge in [-0.3, -0.25) is 14.5 Å². The molecule has 2 N–H and O–H groups in total. The third-order valence-corrected chi connectivity index (χ3v) is 4.87. The number of ketones is 1. The van der Waals surface area contributed by atoms with E-state index in [4.69, 9.17) is 15.2 Å². The maximum absolute atomic E-state index is 13.2. The minimum absolute atomic E-state index is 0.0180. The van der Waals surface area contributed by atoms with Crippen LogP contribution in [0, 0.1) is 0 Å². The Bertz CT molecular complexity index is 913. The topological polar surface area (TPSA) is 94.2 Å². The van der Waals surface area contributed by atoms with Gasteiger partial charge in [-0.2, -0.15) is 0 Å². The van der Waals surface area contributed by atoms with E-state index in [1.807, 2.05) is 54.6 Å². The molecule has 7 nitrogen and oxygen atoms in total. The van der Waals surface area contributed by atoms with Gasteiger partial charge in [0.15, 0.2) is 17.3 Å². The lowest BCUT2D eigenvalue weighted by molar-refractivity contribution is -0.129. The number of amides is 1. The summed E-state index contributed by atoms with van der Waals surface area (Å²) in [6.07, 6.45) is 0.203. The molecule has 0 spiro atoms. The molecule has 0 saturated carbocycles. The third kappa shape index (κ3) is 4.21. The molecule has 0 radical (unpaired) electrons. The van der Waals surface area contributed by atoms with E-state index in [0.717, 1.165) is 11.1 Å². The first-order valence-electron chi connectivity index (χ1n) is 9.36. The highest BCUT2D eigenvalue weighted by molar-refractivity contribution is 6.08. The normalized spacial score (nSPS) is 18.8. The van der Waals surface area contributed by atoms with Crippen molar-refractivity contribution in [1.29, 1.82) is 0 Å². The van der Waals surface area contributed by atoms with Gasteiger partial charge in [0.05, 0.1) is 13.2 Å². The van der Waals surface area contributed by atoms with Crippen LogP contribution in [0.25, 0.3) is 0 Å². The van der Waals surface area contributed by atoms with Gasteiger partial charge in [-0.1, -0.05) is 54.6 Å². The van der Waals surface area contributed by atoms with E-state index in [2.05, 4.69) is 4.99 Å². The largest absolute Gasteiger partial charge is 0.382 e. The summed E-state index contributed by atoms with van der Waals surface area (Å²) in [5.74, 6) is -0.121. The number of carbonyl (C=O) groups is 2. The Morgan fingerprint density at radius 2 is 1.83 bits per heavy atom. The molecular weight excluding hydrogens is 370 g/mol. The number of ether oxygens (including phenoxy) is 2. The van der Waals surface area contributed by atoms with Crippen molar-refractivity contribution in [2.75, 3.05) is 34.0 Å². The number of likely N-dealkylation sites (N-methyl/N-ethyl adjacent to an activating group) is 1. The van der Waals surface area contributed by atoms with Crippen LogP contribution in [0.15, 0.2) is 59.6 Å². The third-order valence-electron chi connectivity index (χ3n) is 4.87. The van der Waals surface area contributed by atoms with Crippen molar-refractivity contribution in [3.8, 4) is 0 Å². The minimum Gasteiger partial charge on any atom is -0.382 e. The van der Waals surface area contributed by atoms with E-state index in [0.29, 0.717) is 18.8 Å². The Kier molecular flexibility index (Phi) is 6.41. The first-order valence-corrected chi connectivity index (χ1v) is 9.36. The Morgan fingerprint density at radius 1 is 1.10 bits per heavy atom. The first kappa shape index (κ1) is 20.7. The standard InChI is InChI=1S/C22H25N3O4/c1-25-20(27)22(24-21(25)23,17-8-4-3-5-9-17)18-10-6-7-16(13-18)14-19(26)15-29-12-11-28-2/h3-10,13H,11-12,14-15H2,1-2H3,(H2,23,24). The number of hydrogen-bond acceptors (Lipinski definition) is 6. The average Bonchev–Trinajstić information content (AvgIpc) is 2.97. The van der Waals surface area contributed by atoms with Crippen LogP contribution < -0.4 is 5.73 Å². The van der Waals surface area contributed by atoms with Gasteiger partial charge in [-0.05, 0) is 16.7 Å². The number of benzene rings is 2. The van der Waals surface area contributed by atoms with Crippen molar-refractivity contribution in [2.45, 2.75) is 12.0 Å². The molecule has 2 aromatic rings. The monoisotopic (exact) mass is 395 g/mol. The highest BCUT2D eigenvalue weighted by Crippen LogP contribution is 2.39. The molecule has 2 aromatic carbocycles. The number of methoxy groups -OCH3 is 1. The predicted molar refractivity (Wildman–Crippen MR) is 109 cm³/mol. The summed E-state index contributed by atoms with van der Waals surface area (Å²) in [6, 6.07) is 16.7. The molecule has 0 fully saturated rings. The van der Waals surface area contributed by atoms with Crippen LogP contribution in [0.4, 0.5) is 0 Å². The molecule has 0 saturated heterocycles. The van der Waals surface area contributed by atoms with Crippen molar-refractivity contribution < 1.29 is 19.1 Å². The molecule has 7 heteroatoms. The lowest BCUT2D eigenvalue weighted by Gasteiger charge is -2.26. The summed E-state index contributed by atoms with van der Waals surface area (Å²) < 4.78 is 10.2. The molecule has 152 valence electrons. The molecule has 3 rings (SSSR count). The van der Waals surface area contributed by atoms with Crippen LogP contribution in [0.3, 0.4) is 0 Å². The van der Waals surface area contributed by atoms with Crippen molar-refractivity contribution in [2.24, 2.45) is 10.7 Å². The quantitative estimate of drug-likeness (QED) is 0.649. The maximum Gasteiger partial charge on any atom is 0.266 e. The Morgan fingerprint density at radius 3 is 2.48 bits per heavy atom. The first-order chi connectivity index (χ1) is 14.0. The van der Waals surface area contributed by atoms with Crippen LogP contribution in [-0.4, -0.2) is 56.5 Å². The Labute approximate surface area is 170 Å². The summed E-state index contributed by atoms with van der Waals surface area (Å²) >= 11 is 0. The number of rotatable bonds is 9. The van der Waals surface area contributed by atoms with Gasteiger partial charge in [0.1, 0.15) is 6.61 Å². The number of nitrogens with zero attached hydrogens (tertiary/aromatic N) is 2. The van der Waals surface area contributed by atoms with Gasteiger partial charge in [0.25, 0.3) is 5.91 Å². The second-order valence-electron chi connectivity index (χ2n) is 6.87. The zero-order valence-corrected chi connectivity index (χ0v) is 16.6. The van der Waals surface area contributed by atoms with Crippen molar-refractivity contribution in [1.82, 2.24) is 4.90 Å². The minimum atomic E-state index is -1.26. The fourth-order valence-corrected chi connectivity index (χ4v) is 3.38. The summed E-state index contributed by atoms with van der Waals surface area (Å²) in [7, 11) is 3.19. The van der Waals surface area contributed by atoms with Crippen LogP contribution in [-0.2, 0) is 31.0 Å². The van der Waals surface area contributed by atoms with Crippen molar-refractivity contribution >= 4 is 17.6 Å². The lowest BCUT2D eigenvalue weighted by Crippen LogP contribution is -2.41. The SMILES string of the molecule is COCCOCC(=O)Cc1cccc(C2(c3ccccc3)N=C(N)N(C)C2=O)c1. The van der Waals surface area contributed by atoms with Gasteiger partial charge in [0, 0.05) is 20.6 Å². The smallest absolute Gasteiger partial charge is 0.266 e. The van der Waals surface area contributed by atoms with E-state index in [9.17, 15) is 9.59 Å². The molecular formula is C22H25N3O4. The van der Waals surface area contributed by atoms with E-state index in [1.54, 1.807) is 14.2 Å². The number of guanidine groups is 1. The lowest BCUT2D eigenvalue weighted by atomic mass is 9.82. The van der Waals surface area contributed by atoms with Gasteiger partial charge in [-0.25, -0.2) is 4.99 Å². The second kappa shape index (κ2) is 8.98. The second-order valence-corrected chi connectivity index (χ2v) is 6.87. The van der Waals surface area contributed by atoms with E-state index in [1.165, 1.54) is 4.90 Å². The average molecular weight is 395 g/mol. The zero-order valence-electron chi connectivity index (χ0n) is 16.6. The van der Waals surface area contributed by atoms with Crippen LogP contribution >= 0.6 is 0 Å². The molecule has 1 aliphatic heterocycles. The number of aliphatic imine (C=N–C) groups is 1. The molecule has 0 bridgehead atoms. The molecule has 0 aliphatic carbocycles. The van der Waals surface area contributed by atoms with Crippen molar-refractivity contribution in [3.63, 3.8) is 0 Å². The van der Waals surface area contributed by atoms with Crippen LogP contribution in [0.1, 0.15) is 16.7 Å². The fourth-order valence-electron chi connectivity index (χ4n) is 3.38. The highest BCUT2D eigenvalue weighted by Gasteiger charge is 2.49. The van der Waals surface area contributed by atoms with Gasteiger partial charge < -0.3 is 15.2 Å². The number of Topliss-reactive ketones (excluding diaryl/α,β-unsaturated/α-hetero) is 1. The van der Waals surface area contributed by atoms with Crippen LogP contribution in [0.5, 0.6) is 0 Å². The van der Waals surface area contributed by atoms with E-state index in [-0.39, 0.29) is 30.7 Å². The molecule has 1 aliphatic rings. The van der Waals surface area contributed by atoms with Crippen LogP contribution in [0.2, 0.25) is 0 Å². The van der Waals surface area contributed by atoms with Gasteiger partial charge in [-0.15, -0.1) is 0 Å². The Hall–Kier alpha value is -3.03. The molecule has 1 heterocycles. The van der Waals surface area contributed by atoms with Crippen molar-refractivity contribution in [3.05, 3.63) is 71.3 Å². The molecule has 1 unspecified atom stereocenters. The fraction of sp³-hybridized carbons (Fsp3) is 0.318. The number of nitrogens with two attached hydrogens (primary N) is 1. The maximum atomic E-state index is 13.2. The molecule has 1 atom stereocenters. The number of hydrogen-bond donors (Lipinski definition) is 1. The highest BCUT2D eigenvalue weighted by atomic mass is 16.5. The van der Waals surface area contributed by atoms with E-state index < -0.39 is 5.54 Å². The van der Waals surface area contributed by atoms with Gasteiger partial charge >= 0.3 is 0 Å². The van der Waals surface area contributed by atoms with E-state index >= 15 is 0 Å². The molecule has 1 amide bonds. The summed E-state index contributed by atoms with van der Waals surface area (Å²) in [4.78, 5) is 31.4. The molecule has 29 heavy (non-hydrogen) atoms. The molecule has 0 aromatic heterocycles. The Balaban J connectivity index is 1.90. The summed E-state index contributed by atoms with van der Waals surface area (Å²) in [5.41, 5.74) is 6.92.